The molecule has 0 heterocycles. The van der Waals surface area contributed by atoms with E-state index in [0.717, 1.165) is 37.2 Å². The van der Waals surface area contributed by atoms with Crippen molar-refractivity contribution in [3.63, 3.8) is 0 Å². The van der Waals surface area contributed by atoms with E-state index in [1.807, 2.05) is 75.4 Å². The summed E-state index contributed by atoms with van der Waals surface area (Å²) in [5.41, 5.74) is 3.17. The zero-order valence-electron chi connectivity index (χ0n) is 22.8. The van der Waals surface area contributed by atoms with Gasteiger partial charge in [0.2, 0.25) is 21.8 Å². The number of carbonyl (C=O) groups excluding carboxylic acids is 2. The smallest absolute Gasteiger partial charge is 0.244 e. The Labute approximate surface area is 245 Å². The Kier molecular flexibility index (Phi) is 10.9. The number of nitrogens with zero attached hydrogens (tertiary/aromatic N) is 2. The van der Waals surface area contributed by atoms with E-state index in [0.29, 0.717) is 12.1 Å². The summed E-state index contributed by atoms with van der Waals surface area (Å²) in [6.45, 7) is 5.61. The van der Waals surface area contributed by atoms with E-state index in [4.69, 9.17) is 0 Å². The second-order valence-corrected chi connectivity index (χ2v) is 12.9. The second kappa shape index (κ2) is 13.9. The van der Waals surface area contributed by atoms with Gasteiger partial charge >= 0.3 is 0 Å². The van der Waals surface area contributed by atoms with Gasteiger partial charge in [-0.1, -0.05) is 61.5 Å². The molecular weight excluding hydrogens is 625 g/mol. The molecule has 0 radical (unpaired) electrons. The number of sulfonamides is 1. The van der Waals surface area contributed by atoms with Crippen LogP contribution in [0, 0.1) is 10.5 Å². The van der Waals surface area contributed by atoms with Gasteiger partial charge in [-0.2, -0.15) is 0 Å². The number of rotatable bonds is 12. The van der Waals surface area contributed by atoms with E-state index >= 15 is 0 Å². The summed E-state index contributed by atoms with van der Waals surface area (Å²) in [5, 5.41) is 3.04. The van der Waals surface area contributed by atoms with Crippen molar-refractivity contribution in [3.05, 3.63) is 99.1 Å². The number of anilines is 1. The normalized spacial score (nSPS) is 12.8. The van der Waals surface area contributed by atoms with Gasteiger partial charge in [0.15, 0.2) is 0 Å². The number of halogens is 1. The van der Waals surface area contributed by atoms with Gasteiger partial charge in [-0.05, 0) is 83.8 Å². The standard InChI is InChI=1S/C30H36IN3O4S/c1-5-23(3)32-30(36)28(19-24-12-7-6-8-13-24)33(20-25-14-10-9-11-22(25)2)29(35)21-34(39(4,37)38)27-17-15-26(31)16-18-27/h6-18,23,28H,5,19-21H2,1-4H3,(H,32,36)/t23-,28-/m1/s1. The first-order chi connectivity index (χ1) is 18.5. The Bertz CT molecular complexity index is 1360. The van der Waals surface area contributed by atoms with Crippen LogP contribution >= 0.6 is 22.6 Å². The molecule has 2 atom stereocenters. The number of aryl methyl sites for hydroxylation is 1. The van der Waals surface area contributed by atoms with Crippen LogP contribution in [0.1, 0.15) is 37.0 Å². The fourth-order valence-electron chi connectivity index (χ4n) is 4.19. The first-order valence-corrected chi connectivity index (χ1v) is 15.8. The number of amides is 2. The minimum absolute atomic E-state index is 0.0782. The van der Waals surface area contributed by atoms with Gasteiger partial charge < -0.3 is 10.2 Å². The maximum atomic E-state index is 14.1. The summed E-state index contributed by atoms with van der Waals surface area (Å²) in [4.78, 5) is 29.3. The molecular formula is C30H36IN3O4S. The quantitative estimate of drug-likeness (QED) is 0.280. The minimum Gasteiger partial charge on any atom is -0.352 e. The molecule has 1 N–H and O–H groups in total. The van der Waals surface area contributed by atoms with Crippen LogP contribution in [0.25, 0.3) is 0 Å². The third kappa shape index (κ3) is 8.79. The molecule has 0 spiro atoms. The van der Waals surface area contributed by atoms with E-state index < -0.39 is 28.5 Å². The zero-order valence-corrected chi connectivity index (χ0v) is 25.8. The van der Waals surface area contributed by atoms with Gasteiger partial charge in [-0.25, -0.2) is 8.42 Å². The molecule has 208 valence electrons. The maximum Gasteiger partial charge on any atom is 0.244 e. The SMILES string of the molecule is CC[C@@H](C)NC(=O)[C@@H](Cc1ccccc1)N(Cc1ccccc1C)C(=O)CN(c1ccc(I)cc1)S(C)(=O)=O. The van der Waals surface area contributed by atoms with E-state index in [-0.39, 0.29) is 18.5 Å². The lowest BCUT2D eigenvalue weighted by molar-refractivity contribution is -0.140. The van der Waals surface area contributed by atoms with Crippen molar-refractivity contribution in [1.82, 2.24) is 10.2 Å². The highest BCUT2D eigenvalue weighted by Gasteiger charge is 2.33. The molecule has 0 aliphatic heterocycles. The lowest BCUT2D eigenvalue weighted by Gasteiger charge is -2.34. The fourth-order valence-corrected chi connectivity index (χ4v) is 5.40. The second-order valence-electron chi connectivity index (χ2n) is 9.72. The first kappa shape index (κ1) is 30.6. The number of hydrogen-bond acceptors (Lipinski definition) is 4. The number of hydrogen-bond donors (Lipinski definition) is 1. The van der Waals surface area contributed by atoms with Crippen molar-refractivity contribution in [1.29, 1.82) is 0 Å². The Balaban J connectivity index is 2.06. The van der Waals surface area contributed by atoms with E-state index in [1.54, 1.807) is 24.3 Å². The fraction of sp³-hybridized carbons (Fsp3) is 0.333. The molecule has 7 nitrogen and oxygen atoms in total. The molecule has 0 saturated heterocycles. The number of nitrogens with one attached hydrogen (secondary N) is 1. The molecule has 2 amide bonds. The molecule has 0 unspecified atom stereocenters. The topological polar surface area (TPSA) is 86.8 Å². The Morgan fingerprint density at radius 2 is 1.56 bits per heavy atom. The first-order valence-electron chi connectivity index (χ1n) is 12.9. The minimum atomic E-state index is -3.79. The van der Waals surface area contributed by atoms with Crippen LogP contribution in [0.5, 0.6) is 0 Å². The predicted octanol–water partition coefficient (Wildman–Crippen LogP) is 4.92. The van der Waals surface area contributed by atoms with Gasteiger partial charge in [0, 0.05) is 22.6 Å². The molecule has 0 aliphatic carbocycles. The van der Waals surface area contributed by atoms with E-state index in [1.165, 1.54) is 4.90 Å². The average molecular weight is 662 g/mol. The summed E-state index contributed by atoms with van der Waals surface area (Å²) in [7, 11) is -3.79. The van der Waals surface area contributed by atoms with Gasteiger partial charge in [-0.15, -0.1) is 0 Å². The molecule has 0 bridgehead atoms. The number of carbonyl (C=O) groups is 2. The van der Waals surface area contributed by atoms with Crippen LogP contribution in [0.3, 0.4) is 0 Å². The van der Waals surface area contributed by atoms with Gasteiger partial charge in [0.25, 0.3) is 0 Å². The molecule has 3 rings (SSSR count). The zero-order chi connectivity index (χ0) is 28.6. The highest BCUT2D eigenvalue weighted by atomic mass is 127. The third-order valence-corrected chi connectivity index (χ3v) is 8.53. The number of benzene rings is 3. The maximum absolute atomic E-state index is 14.1. The Morgan fingerprint density at radius 1 is 0.949 bits per heavy atom. The Morgan fingerprint density at radius 3 is 2.15 bits per heavy atom. The van der Waals surface area contributed by atoms with Gasteiger partial charge in [-0.3, -0.25) is 13.9 Å². The molecule has 0 saturated carbocycles. The molecule has 0 aromatic heterocycles. The third-order valence-electron chi connectivity index (χ3n) is 6.67. The summed E-state index contributed by atoms with van der Waals surface area (Å²) < 4.78 is 27.7. The van der Waals surface area contributed by atoms with Crippen LogP contribution in [-0.2, 0) is 32.6 Å². The van der Waals surface area contributed by atoms with Crippen molar-refractivity contribution in [2.75, 3.05) is 17.1 Å². The molecule has 0 fully saturated rings. The van der Waals surface area contributed by atoms with Crippen molar-refractivity contribution in [3.8, 4) is 0 Å². The van der Waals surface area contributed by atoms with Crippen LogP contribution < -0.4 is 9.62 Å². The molecule has 9 heteroatoms. The van der Waals surface area contributed by atoms with Crippen molar-refractivity contribution < 1.29 is 18.0 Å². The summed E-state index contributed by atoms with van der Waals surface area (Å²) in [6.07, 6.45) is 2.12. The van der Waals surface area contributed by atoms with E-state index in [2.05, 4.69) is 27.9 Å². The van der Waals surface area contributed by atoms with Crippen molar-refractivity contribution in [2.24, 2.45) is 0 Å². The molecule has 39 heavy (non-hydrogen) atoms. The van der Waals surface area contributed by atoms with Crippen molar-refractivity contribution >= 4 is 50.1 Å². The lowest BCUT2D eigenvalue weighted by Crippen LogP contribution is -2.54. The average Bonchev–Trinajstić information content (AvgIpc) is 2.90. The highest BCUT2D eigenvalue weighted by molar-refractivity contribution is 14.1. The summed E-state index contributed by atoms with van der Waals surface area (Å²) in [5.74, 6) is -0.724. The van der Waals surface area contributed by atoms with Crippen LogP contribution in [0.4, 0.5) is 5.69 Å². The monoisotopic (exact) mass is 661 g/mol. The van der Waals surface area contributed by atoms with Gasteiger partial charge in [0.1, 0.15) is 12.6 Å². The highest BCUT2D eigenvalue weighted by Crippen LogP contribution is 2.22. The van der Waals surface area contributed by atoms with Crippen LogP contribution in [0.15, 0.2) is 78.9 Å². The predicted molar refractivity (Wildman–Crippen MR) is 165 cm³/mol. The van der Waals surface area contributed by atoms with Gasteiger partial charge in [0.05, 0.1) is 11.9 Å². The van der Waals surface area contributed by atoms with E-state index in [9.17, 15) is 18.0 Å². The summed E-state index contributed by atoms with van der Waals surface area (Å²) in [6, 6.07) is 23.3. The largest absolute Gasteiger partial charge is 0.352 e. The van der Waals surface area contributed by atoms with Crippen LogP contribution in [0.2, 0.25) is 0 Å². The van der Waals surface area contributed by atoms with Crippen molar-refractivity contribution in [2.45, 2.75) is 52.2 Å². The summed E-state index contributed by atoms with van der Waals surface area (Å²) >= 11 is 2.14. The molecule has 3 aromatic rings. The Hall–Kier alpha value is -2.92. The van der Waals surface area contributed by atoms with Crippen LogP contribution in [-0.4, -0.2) is 50.0 Å². The lowest BCUT2D eigenvalue weighted by atomic mass is 10.0. The molecule has 3 aromatic carbocycles. The molecule has 0 aliphatic rings.